The van der Waals surface area contributed by atoms with Crippen molar-refractivity contribution in [2.45, 2.75) is 65.8 Å². The second-order valence-corrected chi connectivity index (χ2v) is 8.45. The molecule has 1 aliphatic heterocycles. The van der Waals surface area contributed by atoms with Gasteiger partial charge >= 0.3 is 12.7 Å². The van der Waals surface area contributed by atoms with Gasteiger partial charge < -0.3 is 24.4 Å². The molecule has 1 aliphatic rings. The van der Waals surface area contributed by atoms with Gasteiger partial charge in [0, 0.05) is 32.0 Å². The number of carbonyl (C=O) groups excluding carboxylic acids is 1. The quantitative estimate of drug-likeness (QED) is 0.675. The van der Waals surface area contributed by atoms with Crippen LogP contribution in [0.15, 0.2) is 6.07 Å². The first kappa shape index (κ1) is 23.5. The fourth-order valence-corrected chi connectivity index (χ4v) is 3.13. The molecule has 1 fully saturated rings. The average molecular weight is 454 g/mol. The van der Waals surface area contributed by atoms with Gasteiger partial charge in [0.25, 0.3) is 0 Å². The van der Waals surface area contributed by atoms with Gasteiger partial charge in [-0.05, 0) is 34.6 Å². The number of hydrogen-bond acceptors (Lipinski definition) is 8. The first-order valence-electron chi connectivity index (χ1n) is 10.3. The van der Waals surface area contributed by atoms with Gasteiger partial charge in [-0.15, -0.1) is 0 Å². The lowest BCUT2D eigenvalue weighted by Gasteiger charge is -2.33. The van der Waals surface area contributed by atoms with E-state index < -0.39 is 12.2 Å². The number of likely N-dealkylation sites (tertiary alicyclic amines) is 1. The topological polar surface area (TPSA) is 114 Å². The van der Waals surface area contributed by atoms with E-state index >= 15 is 0 Å². The number of ether oxygens (including phenoxy) is 3. The van der Waals surface area contributed by atoms with E-state index in [1.807, 2.05) is 20.8 Å². The molecule has 3 rings (SSSR count). The Morgan fingerprint density at radius 1 is 1.22 bits per heavy atom. The number of carbonyl (C=O) groups is 1. The Balaban J connectivity index is 1.62. The van der Waals surface area contributed by atoms with Gasteiger partial charge in [-0.1, -0.05) is 0 Å². The Labute approximate surface area is 184 Å². The molecule has 12 heteroatoms. The van der Waals surface area contributed by atoms with Crippen LogP contribution in [-0.4, -0.2) is 62.6 Å². The van der Waals surface area contributed by atoms with E-state index in [4.69, 9.17) is 9.47 Å². The number of aromatic amines is 1. The molecular weight excluding hydrogens is 426 g/mol. The molecule has 2 aromatic heterocycles. The minimum absolute atomic E-state index is 0.131. The van der Waals surface area contributed by atoms with Gasteiger partial charge in [0.05, 0.1) is 11.4 Å². The van der Waals surface area contributed by atoms with Crippen LogP contribution >= 0.6 is 0 Å². The van der Waals surface area contributed by atoms with Crippen molar-refractivity contribution in [1.82, 2.24) is 25.1 Å². The molecule has 32 heavy (non-hydrogen) atoms. The zero-order valence-electron chi connectivity index (χ0n) is 18.7. The predicted molar refractivity (Wildman–Crippen MR) is 111 cm³/mol. The predicted octanol–water partition coefficient (Wildman–Crippen LogP) is 3.94. The summed E-state index contributed by atoms with van der Waals surface area (Å²) in [6.07, 6.45) is 0.798. The van der Waals surface area contributed by atoms with Crippen LogP contribution in [0.2, 0.25) is 0 Å². The molecule has 1 saturated heterocycles. The fraction of sp³-hybridized carbons (Fsp3) is 0.600. The Bertz CT molecular complexity index is 939. The number of aryl methyl sites for hydroxylation is 2. The molecule has 0 radical (unpaired) electrons. The monoisotopic (exact) mass is 454 g/mol. The molecule has 0 atom stereocenters. The molecule has 3 heterocycles. The van der Waals surface area contributed by atoms with Gasteiger partial charge in [0.2, 0.25) is 11.8 Å². The molecule has 0 spiro atoms. The smallest absolute Gasteiger partial charge is 0.410 e. The summed E-state index contributed by atoms with van der Waals surface area (Å²) >= 11 is 0. The van der Waals surface area contributed by atoms with E-state index in [0.29, 0.717) is 49.0 Å². The SMILES string of the molecule is Cc1nc(C)c(OC2CCN(C(=O)OC(C)(C)C)CC2)nc1Nc1cc(OC(F)F)[nH]n1. The number of hydrogen-bond donors (Lipinski definition) is 2. The van der Waals surface area contributed by atoms with E-state index in [1.165, 1.54) is 6.07 Å². The number of amides is 1. The summed E-state index contributed by atoms with van der Waals surface area (Å²) in [5, 5.41) is 9.15. The number of aromatic nitrogens is 4. The number of nitrogens with one attached hydrogen (secondary N) is 2. The first-order valence-corrected chi connectivity index (χ1v) is 10.3. The minimum atomic E-state index is -2.95. The minimum Gasteiger partial charge on any atom is -0.473 e. The van der Waals surface area contributed by atoms with Crippen LogP contribution in [0.1, 0.15) is 45.0 Å². The molecule has 0 aliphatic carbocycles. The Morgan fingerprint density at radius 2 is 1.91 bits per heavy atom. The Hall–Kier alpha value is -3.18. The molecule has 176 valence electrons. The van der Waals surface area contributed by atoms with E-state index in [1.54, 1.807) is 18.7 Å². The summed E-state index contributed by atoms with van der Waals surface area (Å²) in [6.45, 7) is 7.13. The highest BCUT2D eigenvalue weighted by molar-refractivity contribution is 5.68. The normalized spacial score (nSPS) is 15.1. The standard InChI is InChI=1S/C20H28F2N6O4/c1-11-16(24-14-10-15(27-26-14)31-18(21)22)25-17(12(2)23-11)30-13-6-8-28(9-7-13)19(29)32-20(3,4)5/h10,13,18H,6-9H2,1-5H3,(H2,24,25,26,27). The zero-order valence-corrected chi connectivity index (χ0v) is 18.7. The van der Waals surface area contributed by atoms with E-state index in [-0.39, 0.29) is 23.9 Å². The largest absolute Gasteiger partial charge is 0.473 e. The molecule has 0 aromatic carbocycles. The summed E-state index contributed by atoms with van der Waals surface area (Å²) in [4.78, 5) is 22.8. The highest BCUT2D eigenvalue weighted by Gasteiger charge is 2.28. The summed E-state index contributed by atoms with van der Waals surface area (Å²) in [6, 6.07) is 1.29. The van der Waals surface area contributed by atoms with Gasteiger partial charge in [0.1, 0.15) is 11.7 Å². The maximum atomic E-state index is 12.3. The van der Waals surface area contributed by atoms with Crippen LogP contribution in [0.25, 0.3) is 0 Å². The van der Waals surface area contributed by atoms with E-state index in [0.717, 1.165) is 0 Å². The summed E-state index contributed by atoms with van der Waals surface area (Å²) in [7, 11) is 0. The van der Waals surface area contributed by atoms with Crippen LogP contribution in [0.5, 0.6) is 11.8 Å². The third-order valence-electron chi connectivity index (χ3n) is 4.59. The van der Waals surface area contributed by atoms with Crippen molar-refractivity contribution in [3.8, 4) is 11.8 Å². The second kappa shape index (κ2) is 9.53. The molecule has 10 nitrogen and oxygen atoms in total. The van der Waals surface area contributed by atoms with Crippen molar-refractivity contribution in [3.63, 3.8) is 0 Å². The maximum absolute atomic E-state index is 12.3. The lowest BCUT2D eigenvalue weighted by atomic mass is 10.1. The molecule has 2 N–H and O–H groups in total. The third-order valence-corrected chi connectivity index (χ3v) is 4.59. The number of rotatable bonds is 6. The molecule has 0 bridgehead atoms. The van der Waals surface area contributed by atoms with Crippen LogP contribution in [-0.2, 0) is 4.74 Å². The summed E-state index contributed by atoms with van der Waals surface area (Å²) in [5.74, 6) is 0.812. The summed E-state index contributed by atoms with van der Waals surface area (Å²) in [5.41, 5.74) is 0.670. The Morgan fingerprint density at radius 3 is 2.53 bits per heavy atom. The van der Waals surface area contributed by atoms with Crippen LogP contribution in [0.3, 0.4) is 0 Å². The lowest BCUT2D eigenvalue weighted by molar-refractivity contribution is -0.0528. The van der Waals surface area contributed by atoms with Gasteiger partial charge in [-0.2, -0.15) is 18.9 Å². The number of alkyl halides is 2. The fourth-order valence-electron chi connectivity index (χ4n) is 3.13. The number of halogens is 2. The van der Waals surface area contributed by atoms with Gasteiger partial charge in [-0.25, -0.2) is 14.9 Å². The van der Waals surface area contributed by atoms with Crippen molar-refractivity contribution in [3.05, 3.63) is 17.5 Å². The lowest BCUT2D eigenvalue weighted by Crippen LogP contribution is -2.44. The van der Waals surface area contributed by atoms with Crippen molar-refractivity contribution in [2.75, 3.05) is 18.4 Å². The van der Waals surface area contributed by atoms with Gasteiger partial charge in [0.15, 0.2) is 11.6 Å². The van der Waals surface area contributed by atoms with Crippen LogP contribution in [0.4, 0.5) is 25.2 Å². The Kier molecular flexibility index (Phi) is 6.99. The van der Waals surface area contributed by atoms with Crippen molar-refractivity contribution in [2.24, 2.45) is 0 Å². The van der Waals surface area contributed by atoms with Crippen molar-refractivity contribution < 1.29 is 27.8 Å². The maximum Gasteiger partial charge on any atom is 0.410 e. The number of nitrogens with zero attached hydrogens (tertiary/aromatic N) is 4. The second-order valence-electron chi connectivity index (χ2n) is 8.45. The number of piperidine rings is 1. The highest BCUT2D eigenvalue weighted by atomic mass is 19.3. The van der Waals surface area contributed by atoms with E-state index in [9.17, 15) is 13.6 Å². The third kappa shape index (κ3) is 6.41. The molecule has 2 aromatic rings. The number of H-pyrrole nitrogens is 1. The highest BCUT2D eigenvalue weighted by Crippen LogP contribution is 2.26. The zero-order chi connectivity index (χ0) is 23.5. The van der Waals surface area contributed by atoms with Crippen LogP contribution in [0, 0.1) is 13.8 Å². The van der Waals surface area contributed by atoms with Crippen molar-refractivity contribution in [1.29, 1.82) is 0 Å². The molecule has 1 amide bonds. The number of anilines is 2. The van der Waals surface area contributed by atoms with E-state index in [2.05, 4.69) is 30.2 Å². The summed E-state index contributed by atoms with van der Waals surface area (Å²) < 4.78 is 40.4. The molecular formula is C20H28F2N6O4. The van der Waals surface area contributed by atoms with Gasteiger partial charge in [-0.3, -0.25) is 0 Å². The molecule has 0 saturated carbocycles. The first-order chi connectivity index (χ1) is 15.0. The van der Waals surface area contributed by atoms with Crippen LogP contribution < -0.4 is 14.8 Å². The van der Waals surface area contributed by atoms with Crippen molar-refractivity contribution >= 4 is 17.7 Å². The average Bonchev–Trinajstić information content (AvgIpc) is 3.11. The molecule has 0 unspecified atom stereocenters.